The molecule has 1 atom stereocenters. The predicted octanol–water partition coefficient (Wildman–Crippen LogP) is 3.84. The Morgan fingerprint density at radius 3 is 2.03 bits per heavy atom. The number of esters is 1. The number of ether oxygens (including phenoxy) is 1. The van der Waals surface area contributed by atoms with Crippen LogP contribution >= 0.6 is 0 Å². The van der Waals surface area contributed by atoms with Crippen LogP contribution < -0.4 is 5.32 Å². The molecule has 3 aromatic carbocycles. The average molecular weight is 389 g/mol. The lowest BCUT2D eigenvalue weighted by Crippen LogP contribution is -2.46. The van der Waals surface area contributed by atoms with E-state index in [0.717, 1.165) is 22.3 Å². The summed E-state index contributed by atoms with van der Waals surface area (Å²) in [5.74, 6) is -1.53. The van der Waals surface area contributed by atoms with E-state index in [1.807, 2.05) is 48.5 Å². The summed E-state index contributed by atoms with van der Waals surface area (Å²) in [4.78, 5) is 25.4. The van der Waals surface area contributed by atoms with Gasteiger partial charge in [0.2, 0.25) is 5.91 Å². The zero-order valence-corrected chi connectivity index (χ0v) is 15.9. The fourth-order valence-electron chi connectivity index (χ4n) is 3.97. The van der Waals surface area contributed by atoms with Crippen molar-refractivity contribution >= 4 is 11.9 Å². The summed E-state index contributed by atoms with van der Waals surface area (Å²) in [6, 6.07) is 20.6. The fourth-order valence-corrected chi connectivity index (χ4v) is 3.97. The number of amides is 1. The highest BCUT2D eigenvalue weighted by atomic mass is 19.1. The van der Waals surface area contributed by atoms with E-state index in [4.69, 9.17) is 4.74 Å². The second-order valence-corrected chi connectivity index (χ2v) is 7.02. The summed E-state index contributed by atoms with van der Waals surface area (Å²) in [7, 11) is 1.31. The van der Waals surface area contributed by atoms with Crippen LogP contribution in [0.4, 0.5) is 4.39 Å². The molecule has 0 aromatic heterocycles. The Labute approximate surface area is 168 Å². The van der Waals surface area contributed by atoms with E-state index < -0.39 is 12.0 Å². The summed E-state index contributed by atoms with van der Waals surface area (Å²) in [6.07, 6.45) is 0.0454. The number of rotatable bonds is 5. The highest BCUT2D eigenvalue weighted by Crippen LogP contribution is 2.46. The molecular weight excluding hydrogens is 369 g/mol. The Morgan fingerprint density at radius 2 is 1.48 bits per heavy atom. The van der Waals surface area contributed by atoms with Crippen LogP contribution in [0.3, 0.4) is 0 Å². The van der Waals surface area contributed by atoms with E-state index in [2.05, 4.69) is 5.32 Å². The summed E-state index contributed by atoms with van der Waals surface area (Å²) in [6.45, 7) is 0. The van der Waals surface area contributed by atoms with E-state index in [1.165, 1.54) is 19.2 Å². The number of carbonyl (C=O) groups is 2. The first-order chi connectivity index (χ1) is 14.1. The molecule has 1 N–H and O–H groups in total. The molecule has 4 nitrogen and oxygen atoms in total. The van der Waals surface area contributed by atoms with Crippen LogP contribution in [-0.2, 0) is 20.7 Å². The minimum absolute atomic E-state index is 0.0454. The Hall–Kier alpha value is -3.47. The maximum atomic E-state index is 13.1. The van der Waals surface area contributed by atoms with E-state index in [9.17, 15) is 14.0 Å². The minimum Gasteiger partial charge on any atom is -0.467 e. The van der Waals surface area contributed by atoms with Crippen LogP contribution in [-0.4, -0.2) is 25.0 Å². The zero-order chi connectivity index (χ0) is 20.4. The summed E-state index contributed by atoms with van der Waals surface area (Å²) >= 11 is 0. The highest BCUT2D eigenvalue weighted by Gasteiger charge is 2.39. The lowest BCUT2D eigenvalue weighted by atomic mass is 9.89. The average Bonchev–Trinajstić information content (AvgIpc) is 3.07. The third-order valence-corrected chi connectivity index (χ3v) is 5.26. The number of halogens is 1. The van der Waals surface area contributed by atoms with Crippen LogP contribution in [0.2, 0.25) is 0 Å². The molecule has 0 heterocycles. The van der Waals surface area contributed by atoms with Gasteiger partial charge < -0.3 is 10.1 Å². The first-order valence-corrected chi connectivity index (χ1v) is 9.38. The van der Waals surface area contributed by atoms with Crippen molar-refractivity contribution in [2.24, 2.45) is 0 Å². The quantitative estimate of drug-likeness (QED) is 0.675. The van der Waals surface area contributed by atoms with Gasteiger partial charge in [-0.25, -0.2) is 9.18 Å². The number of methoxy groups -OCH3 is 1. The van der Waals surface area contributed by atoms with Crippen molar-refractivity contribution in [1.82, 2.24) is 5.32 Å². The van der Waals surface area contributed by atoms with Gasteiger partial charge in [0.15, 0.2) is 0 Å². The van der Waals surface area contributed by atoms with Crippen molar-refractivity contribution in [2.45, 2.75) is 18.4 Å². The Bertz CT molecular complexity index is 1020. The molecule has 0 radical (unpaired) electrons. The molecule has 146 valence electrons. The molecular formula is C24H20FNO3. The molecule has 29 heavy (non-hydrogen) atoms. The van der Waals surface area contributed by atoms with Gasteiger partial charge in [-0.1, -0.05) is 60.7 Å². The van der Waals surface area contributed by atoms with Gasteiger partial charge in [-0.15, -0.1) is 0 Å². The number of benzene rings is 3. The second-order valence-electron chi connectivity index (χ2n) is 7.02. The van der Waals surface area contributed by atoms with Crippen LogP contribution in [0, 0.1) is 5.82 Å². The van der Waals surface area contributed by atoms with E-state index in [1.54, 1.807) is 12.1 Å². The molecule has 0 spiro atoms. The molecule has 1 aliphatic carbocycles. The van der Waals surface area contributed by atoms with Crippen LogP contribution in [0.25, 0.3) is 11.1 Å². The van der Waals surface area contributed by atoms with Gasteiger partial charge in [0.05, 0.1) is 13.5 Å². The third-order valence-electron chi connectivity index (χ3n) is 5.26. The van der Waals surface area contributed by atoms with Gasteiger partial charge in [-0.2, -0.15) is 0 Å². The van der Waals surface area contributed by atoms with Gasteiger partial charge in [-0.3, -0.25) is 4.79 Å². The van der Waals surface area contributed by atoms with Gasteiger partial charge in [0.1, 0.15) is 11.9 Å². The molecule has 0 fully saturated rings. The second kappa shape index (κ2) is 7.87. The van der Waals surface area contributed by atoms with Crippen molar-refractivity contribution < 1.29 is 18.7 Å². The summed E-state index contributed by atoms with van der Waals surface area (Å²) in [5.41, 5.74) is 4.72. The van der Waals surface area contributed by atoms with Crippen LogP contribution in [0.5, 0.6) is 0 Å². The maximum absolute atomic E-state index is 13.1. The molecule has 0 saturated heterocycles. The largest absolute Gasteiger partial charge is 0.467 e. The van der Waals surface area contributed by atoms with Crippen LogP contribution in [0.15, 0.2) is 72.8 Å². The van der Waals surface area contributed by atoms with Gasteiger partial charge in [0.25, 0.3) is 0 Å². The Kier molecular flexibility index (Phi) is 5.12. The SMILES string of the molecule is COC(=O)[C@@H](NC(=O)Cc1ccc(F)cc1)C1c2ccccc2-c2ccccc21. The monoisotopic (exact) mass is 389 g/mol. The molecule has 0 aliphatic heterocycles. The van der Waals surface area contributed by atoms with Crippen molar-refractivity contribution in [3.63, 3.8) is 0 Å². The normalized spacial score (nSPS) is 13.3. The molecule has 1 aliphatic rings. The molecule has 4 rings (SSSR count). The molecule has 0 saturated carbocycles. The molecule has 0 bridgehead atoms. The summed E-state index contributed by atoms with van der Waals surface area (Å²) < 4.78 is 18.1. The molecule has 0 unspecified atom stereocenters. The topological polar surface area (TPSA) is 55.4 Å². The van der Waals surface area contributed by atoms with E-state index >= 15 is 0 Å². The lowest BCUT2D eigenvalue weighted by molar-refractivity contribution is -0.145. The minimum atomic E-state index is -0.863. The smallest absolute Gasteiger partial charge is 0.329 e. The maximum Gasteiger partial charge on any atom is 0.329 e. The number of hydrogen-bond donors (Lipinski definition) is 1. The third kappa shape index (κ3) is 3.63. The molecule has 1 amide bonds. The van der Waals surface area contributed by atoms with Crippen molar-refractivity contribution in [3.05, 3.63) is 95.3 Å². The summed E-state index contributed by atoms with van der Waals surface area (Å²) in [5, 5.41) is 2.85. The first kappa shape index (κ1) is 18.9. The van der Waals surface area contributed by atoms with Crippen molar-refractivity contribution in [1.29, 1.82) is 0 Å². The fraction of sp³-hybridized carbons (Fsp3) is 0.167. The molecule has 5 heteroatoms. The van der Waals surface area contributed by atoms with Crippen molar-refractivity contribution in [3.8, 4) is 11.1 Å². The van der Waals surface area contributed by atoms with E-state index in [0.29, 0.717) is 5.56 Å². The standard InChI is InChI=1S/C24H20FNO3/c1-29-24(28)23(26-21(27)14-15-10-12-16(25)13-11-15)22-19-8-4-2-6-17(19)18-7-3-5-9-20(18)22/h2-13,22-23H,14H2,1H3,(H,26,27)/t23-/m0/s1. The number of hydrogen-bond acceptors (Lipinski definition) is 3. The molecule has 3 aromatic rings. The van der Waals surface area contributed by atoms with Gasteiger partial charge in [-0.05, 0) is 39.9 Å². The first-order valence-electron chi connectivity index (χ1n) is 9.38. The Balaban J connectivity index is 1.66. The number of nitrogens with one attached hydrogen (secondary N) is 1. The number of fused-ring (bicyclic) bond motifs is 3. The lowest BCUT2D eigenvalue weighted by Gasteiger charge is -2.24. The van der Waals surface area contributed by atoms with Gasteiger partial charge in [0, 0.05) is 5.92 Å². The number of carbonyl (C=O) groups excluding carboxylic acids is 2. The Morgan fingerprint density at radius 1 is 0.931 bits per heavy atom. The van der Waals surface area contributed by atoms with Gasteiger partial charge >= 0.3 is 5.97 Å². The highest BCUT2D eigenvalue weighted by molar-refractivity contribution is 5.90. The predicted molar refractivity (Wildman–Crippen MR) is 108 cm³/mol. The van der Waals surface area contributed by atoms with Crippen LogP contribution in [0.1, 0.15) is 22.6 Å². The van der Waals surface area contributed by atoms with Crippen molar-refractivity contribution in [2.75, 3.05) is 7.11 Å². The van der Waals surface area contributed by atoms with E-state index in [-0.39, 0.29) is 24.1 Å². The zero-order valence-electron chi connectivity index (χ0n) is 15.9.